The van der Waals surface area contributed by atoms with Crippen LogP contribution in [0.15, 0.2) is 20.1 Å². The van der Waals surface area contributed by atoms with Crippen molar-refractivity contribution in [3.63, 3.8) is 0 Å². The largest absolute Gasteiger partial charge is 0.436 e. The SMILES string of the molecule is Cc1nnc(Sc2nc3cscc3nc2C(F)(F)F)s1. The third kappa shape index (κ3) is 2.63. The molecule has 0 spiro atoms. The molecule has 0 fully saturated rings. The van der Waals surface area contributed by atoms with Crippen molar-refractivity contribution in [2.24, 2.45) is 0 Å². The summed E-state index contributed by atoms with van der Waals surface area (Å²) in [5, 5.41) is 11.3. The number of aryl methyl sites for hydroxylation is 1. The first kappa shape index (κ1) is 13.7. The Morgan fingerprint density at radius 1 is 1.10 bits per heavy atom. The van der Waals surface area contributed by atoms with Crippen LogP contribution in [0.4, 0.5) is 13.2 Å². The minimum Gasteiger partial charge on any atom is -0.238 e. The monoisotopic (exact) mass is 334 g/mol. The van der Waals surface area contributed by atoms with Crippen LogP contribution < -0.4 is 0 Å². The topological polar surface area (TPSA) is 51.6 Å². The van der Waals surface area contributed by atoms with E-state index in [1.165, 1.54) is 22.7 Å². The lowest BCUT2D eigenvalue weighted by Gasteiger charge is -2.09. The normalized spacial score (nSPS) is 12.2. The van der Waals surface area contributed by atoms with E-state index in [0.717, 1.165) is 11.8 Å². The fourth-order valence-corrected chi connectivity index (χ4v) is 3.94. The first-order chi connectivity index (χ1) is 9.43. The van der Waals surface area contributed by atoms with Crippen LogP contribution in [0.2, 0.25) is 0 Å². The van der Waals surface area contributed by atoms with Gasteiger partial charge in [-0.2, -0.15) is 13.2 Å². The molecule has 0 saturated heterocycles. The summed E-state index contributed by atoms with van der Waals surface area (Å²) >= 11 is 3.32. The molecule has 0 aromatic carbocycles. The zero-order valence-corrected chi connectivity index (χ0v) is 12.3. The Morgan fingerprint density at radius 2 is 1.80 bits per heavy atom. The average Bonchev–Trinajstić information content (AvgIpc) is 2.95. The Kier molecular flexibility index (Phi) is 3.38. The van der Waals surface area contributed by atoms with Crippen LogP contribution in [-0.2, 0) is 6.18 Å². The van der Waals surface area contributed by atoms with Gasteiger partial charge in [0.15, 0.2) is 10.0 Å². The van der Waals surface area contributed by atoms with Gasteiger partial charge in [-0.25, -0.2) is 9.97 Å². The number of thiophene rings is 1. The highest BCUT2D eigenvalue weighted by Gasteiger charge is 2.37. The third-order valence-corrected chi connectivity index (χ3v) is 4.82. The van der Waals surface area contributed by atoms with Gasteiger partial charge in [-0.3, -0.25) is 0 Å². The van der Waals surface area contributed by atoms with Crippen LogP contribution >= 0.6 is 34.4 Å². The summed E-state index contributed by atoms with van der Waals surface area (Å²) in [5.74, 6) is 0. The highest BCUT2D eigenvalue weighted by Crippen LogP contribution is 2.39. The average molecular weight is 334 g/mol. The molecule has 3 rings (SSSR count). The van der Waals surface area contributed by atoms with E-state index in [2.05, 4.69) is 20.2 Å². The fraction of sp³-hybridized carbons (Fsp3) is 0.200. The Morgan fingerprint density at radius 3 is 2.40 bits per heavy atom. The molecule has 0 aliphatic heterocycles. The van der Waals surface area contributed by atoms with Gasteiger partial charge in [0.2, 0.25) is 0 Å². The maximum absolute atomic E-state index is 13.0. The lowest BCUT2D eigenvalue weighted by atomic mass is 10.4. The smallest absolute Gasteiger partial charge is 0.238 e. The summed E-state index contributed by atoms with van der Waals surface area (Å²) in [6, 6.07) is 0. The van der Waals surface area contributed by atoms with E-state index in [9.17, 15) is 13.2 Å². The van der Waals surface area contributed by atoms with Crippen LogP contribution in [0.3, 0.4) is 0 Å². The van der Waals surface area contributed by atoms with Crippen molar-refractivity contribution >= 4 is 45.5 Å². The van der Waals surface area contributed by atoms with Crippen molar-refractivity contribution in [1.29, 1.82) is 0 Å². The molecule has 3 aromatic heterocycles. The van der Waals surface area contributed by atoms with Crippen LogP contribution in [-0.4, -0.2) is 20.2 Å². The zero-order chi connectivity index (χ0) is 14.3. The number of alkyl halides is 3. The molecule has 0 bridgehead atoms. The summed E-state index contributed by atoms with van der Waals surface area (Å²) in [6.45, 7) is 1.74. The minimum absolute atomic E-state index is 0.195. The summed E-state index contributed by atoms with van der Waals surface area (Å²) < 4.78 is 39.5. The van der Waals surface area contributed by atoms with Gasteiger partial charge >= 0.3 is 6.18 Å². The van der Waals surface area contributed by atoms with Gasteiger partial charge in [0, 0.05) is 10.8 Å². The first-order valence-electron chi connectivity index (χ1n) is 5.22. The maximum atomic E-state index is 13.0. The predicted octanol–water partition coefficient (Wildman–Crippen LogP) is 4.02. The summed E-state index contributed by atoms with van der Waals surface area (Å²) in [7, 11) is 0. The highest BCUT2D eigenvalue weighted by molar-refractivity contribution is 8.01. The van der Waals surface area contributed by atoms with Gasteiger partial charge in [0.1, 0.15) is 21.1 Å². The molecule has 10 heteroatoms. The zero-order valence-electron chi connectivity index (χ0n) is 9.80. The van der Waals surface area contributed by atoms with Crippen molar-refractivity contribution in [1.82, 2.24) is 20.2 Å². The summed E-state index contributed by atoms with van der Waals surface area (Å²) in [6.07, 6.45) is -4.55. The highest BCUT2D eigenvalue weighted by atomic mass is 32.2. The lowest BCUT2D eigenvalue weighted by molar-refractivity contribution is -0.143. The van der Waals surface area contributed by atoms with E-state index >= 15 is 0 Å². The number of hydrogen-bond acceptors (Lipinski definition) is 7. The quantitative estimate of drug-likeness (QED) is 0.708. The Labute approximate surface area is 123 Å². The van der Waals surface area contributed by atoms with Gasteiger partial charge in [-0.05, 0) is 18.7 Å². The fourth-order valence-electron chi connectivity index (χ4n) is 1.44. The number of hydrogen-bond donors (Lipinski definition) is 0. The van der Waals surface area contributed by atoms with Crippen molar-refractivity contribution in [2.75, 3.05) is 0 Å². The molecule has 0 N–H and O–H groups in total. The van der Waals surface area contributed by atoms with Gasteiger partial charge in [-0.1, -0.05) is 11.3 Å². The molecule has 4 nitrogen and oxygen atoms in total. The number of nitrogens with zero attached hydrogens (tertiary/aromatic N) is 4. The van der Waals surface area contributed by atoms with E-state index < -0.39 is 11.9 Å². The molecule has 0 aliphatic rings. The summed E-state index contributed by atoms with van der Waals surface area (Å²) in [4.78, 5) is 7.70. The molecule has 0 radical (unpaired) electrons. The first-order valence-corrected chi connectivity index (χ1v) is 7.80. The number of fused-ring (bicyclic) bond motifs is 1. The Hall–Kier alpha value is -1.26. The number of aromatic nitrogens is 4. The number of halogens is 3. The van der Waals surface area contributed by atoms with Crippen LogP contribution in [0.5, 0.6) is 0 Å². The maximum Gasteiger partial charge on any atom is 0.436 e. The molecule has 3 heterocycles. The van der Waals surface area contributed by atoms with Crippen LogP contribution in [0.25, 0.3) is 11.0 Å². The second kappa shape index (κ2) is 4.93. The second-order valence-electron chi connectivity index (χ2n) is 3.71. The van der Waals surface area contributed by atoms with Crippen molar-refractivity contribution in [2.45, 2.75) is 22.5 Å². The van der Waals surface area contributed by atoms with Gasteiger partial charge in [0.25, 0.3) is 0 Å². The molecule has 20 heavy (non-hydrogen) atoms. The third-order valence-electron chi connectivity index (χ3n) is 2.24. The van der Waals surface area contributed by atoms with E-state index in [4.69, 9.17) is 0 Å². The molecule has 0 aliphatic carbocycles. The van der Waals surface area contributed by atoms with Gasteiger partial charge < -0.3 is 0 Å². The molecule has 0 unspecified atom stereocenters. The van der Waals surface area contributed by atoms with E-state index in [-0.39, 0.29) is 10.5 Å². The van der Waals surface area contributed by atoms with Gasteiger partial charge in [0.05, 0.1) is 0 Å². The molecule has 0 atom stereocenters. The molecule has 0 amide bonds. The van der Waals surface area contributed by atoms with Crippen molar-refractivity contribution in [3.8, 4) is 0 Å². The van der Waals surface area contributed by atoms with Crippen molar-refractivity contribution in [3.05, 3.63) is 21.5 Å². The molecule has 104 valence electrons. The minimum atomic E-state index is -4.55. The second-order valence-corrected chi connectivity index (χ2v) is 6.87. The van der Waals surface area contributed by atoms with E-state index in [1.54, 1.807) is 17.7 Å². The van der Waals surface area contributed by atoms with Gasteiger partial charge in [-0.15, -0.1) is 21.5 Å². The number of rotatable bonds is 2. The Balaban J connectivity index is 2.11. The van der Waals surface area contributed by atoms with E-state index in [0.29, 0.717) is 14.9 Å². The Bertz CT molecular complexity index is 765. The molecule has 3 aromatic rings. The molecule has 0 saturated carbocycles. The van der Waals surface area contributed by atoms with Crippen LogP contribution in [0, 0.1) is 6.92 Å². The standard InChI is InChI=1S/C10H5F3N4S3/c1-4-16-17-9(19-4)20-8-7(10(11,12)13)14-5-2-18-3-6(5)15-8/h2-3H,1H3. The summed E-state index contributed by atoms with van der Waals surface area (Å²) in [5.41, 5.74) is -0.284. The predicted molar refractivity (Wildman–Crippen MR) is 71.2 cm³/mol. The lowest BCUT2D eigenvalue weighted by Crippen LogP contribution is -2.11. The molecular formula is C10H5F3N4S3. The molecular weight excluding hydrogens is 329 g/mol. The van der Waals surface area contributed by atoms with E-state index in [1.807, 2.05) is 0 Å². The van der Waals surface area contributed by atoms with Crippen LogP contribution in [0.1, 0.15) is 10.7 Å². The van der Waals surface area contributed by atoms with Crippen molar-refractivity contribution < 1.29 is 13.2 Å².